The molecule has 5 atom stereocenters. The summed E-state index contributed by atoms with van der Waals surface area (Å²) in [6, 6.07) is 34.3. The Kier molecular flexibility index (Phi) is 9.66. The molecule has 4 aromatic rings. The number of hydrogen-bond donors (Lipinski definition) is 1. The second-order valence-electron chi connectivity index (χ2n) is 9.40. The van der Waals surface area contributed by atoms with E-state index in [-0.39, 0.29) is 17.7 Å². The first kappa shape index (κ1) is 29.1. The van der Waals surface area contributed by atoms with Crippen LogP contribution in [-0.2, 0) is 18.9 Å². The highest BCUT2D eigenvalue weighted by Crippen LogP contribution is 2.37. The molecule has 42 heavy (non-hydrogen) atoms. The largest absolute Gasteiger partial charge is 0.459 e. The summed E-state index contributed by atoms with van der Waals surface area (Å²) in [6.45, 7) is -0.334. The van der Waals surface area contributed by atoms with E-state index in [4.69, 9.17) is 18.9 Å². The fourth-order valence-electron chi connectivity index (χ4n) is 4.36. The molecule has 9 heteroatoms. The first-order chi connectivity index (χ1) is 20.5. The minimum Gasteiger partial charge on any atom is -0.459 e. The standard InChI is InChI=1S/C33H28O8S/c34-27-26(21-38-30(35)22-13-5-1-6-14-22)39-33(42-25-19-11-4-12-20-25)29(41-32(37)24-17-9-3-10-18-24)28(27)40-31(36)23-15-7-2-8-16-23/h1-20,26-29,33-34H,21H2/t26-,27+,28+,29-,33+/m1/s1. The van der Waals surface area contributed by atoms with Crippen molar-refractivity contribution in [3.05, 3.63) is 138 Å². The second kappa shape index (κ2) is 14.0. The van der Waals surface area contributed by atoms with Crippen LogP contribution < -0.4 is 0 Å². The molecule has 0 saturated carbocycles. The zero-order valence-electron chi connectivity index (χ0n) is 22.4. The summed E-state index contributed by atoms with van der Waals surface area (Å²) in [5.41, 5.74) is -0.0663. The van der Waals surface area contributed by atoms with Gasteiger partial charge in [-0.05, 0) is 48.5 Å². The minimum atomic E-state index is -1.50. The van der Waals surface area contributed by atoms with Crippen LogP contribution in [0.5, 0.6) is 0 Å². The van der Waals surface area contributed by atoms with E-state index in [1.54, 1.807) is 91.0 Å². The van der Waals surface area contributed by atoms with Crippen LogP contribution in [0, 0.1) is 0 Å². The smallest absolute Gasteiger partial charge is 0.338 e. The molecule has 1 aliphatic rings. The Labute approximate surface area is 247 Å². The summed E-state index contributed by atoms with van der Waals surface area (Å²) in [7, 11) is 0. The van der Waals surface area contributed by atoms with Crippen LogP contribution in [0.3, 0.4) is 0 Å². The fourth-order valence-corrected chi connectivity index (χ4v) is 5.49. The van der Waals surface area contributed by atoms with E-state index >= 15 is 0 Å². The molecular formula is C33H28O8S. The van der Waals surface area contributed by atoms with Gasteiger partial charge in [0, 0.05) is 4.90 Å². The zero-order valence-corrected chi connectivity index (χ0v) is 23.2. The molecule has 1 saturated heterocycles. The Balaban J connectivity index is 1.45. The Hall–Kier alpha value is -4.44. The van der Waals surface area contributed by atoms with Gasteiger partial charge in [0.15, 0.2) is 12.2 Å². The van der Waals surface area contributed by atoms with Crippen LogP contribution in [-0.4, -0.2) is 59.5 Å². The first-order valence-electron chi connectivity index (χ1n) is 13.3. The highest BCUT2D eigenvalue weighted by atomic mass is 32.2. The molecule has 0 radical (unpaired) electrons. The van der Waals surface area contributed by atoms with Crippen molar-refractivity contribution in [3.8, 4) is 0 Å². The molecule has 8 nitrogen and oxygen atoms in total. The maximum absolute atomic E-state index is 13.2. The van der Waals surface area contributed by atoms with Crippen LogP contribution >= 0.6 is 11.8 Å². The van der Waals surface area contributed by atoms with Crippen molar-refractivity contribution in [2.45, 2.75) is 34.7 Å². The van der Waals surface area contributed by atoms with Gasteiger partial charge in [-0.3, -0.25) is 0 Å². The lowest BCUT2D eigenvalue weighted by Gasteiger charge is -2.43. The third kappa shape index (κ3) is 7.25. The molecule has 5 rings (SSSR count). The van der Waals surface area contributed by atoms with Gasteiger partial charge in [0.05, 0.1) is 16.7 Å². The molecule has 1 N–H and O–H groups in total. The van der Waals surface area contributed by atoms with E-state index in [0.717, 1.165) is 4.90 Å². The Bertz CT molecular complexity index is 1470. The van der Waals surface area contributed by atoms with E-state index in [1.165, 1.54) is 11.8 Å². The van der Waals surface area contributed by atoms with Gasteiger partial charge in [-0.15, -0.1) is 0 Å². The average molecular weight is 585 g/mol. The van der Waals surface area contributed by atoms with E-state index in [1.807, 2.05) is 30.3 Å². The van der Waals surface area contributed by atoms with Crippen LogP contribution in [0.25, 0.3) is 0 Å². The number of carbonyl (C=O) groups is 3. The van der Waals surface area contributed by atoms with Gasteiger partial charge in [0.25, 0.3) is 0 Å². The maximum atomic E-state index is 13.2. The highest BCUT2D eigenvalue weighted by Gasteiger charge is 2.50. The van der Waals surface area contributed by atoms with Gasteiger partial charge in [-0.25, -0.2) is 14.4 Å². The van der Waals surface area contributed by atoms with Gasteiger partial charge in [0.2, 0.25) is 0 Å². The molecule has 0 unspecified atom stereocenters. The van der Waals surface area contributed by atoms with Crippen molar-refractivity contribution >= 4 is 29.7 Å². The van der Waals surface area contributed by atoms with E-state index in [9.17, 15) is 19.5 Å². The number of ether oxygens (including phenoxy) is 4. The number of benzene rings is 4. The summed E-state index contributed by atoms with van der Waals surface area (Å²) in [5.74, 6) is -2.00. The summed E-state index contributed by atoms with van der Waals surface area (Å²) < 4.78 is 23.4. The van der Waals surface area contributed by atoms with Gasteiger partial charge in [0.1, 0.15) is 24.3 Å². The third-order valence-corrected chi connectivity index (χ3v) is 7.66. The van der Waals surface area contributed by atoms with Crippen molar-refractivity contribution in [2.75, 3.05) is 6.61 Å². The highest BCUT2D eigenvalue weighted by molar-refractivity contribution is 7.99. The van der Waals surface area contributed by atoms with Crippen molar-refractivity contribution in [3.63, 3.8) is 0 Å². The van der Waals surface area contributed by atoms with Crippen molar-refractivity contribution in [2.24, 2.45) is 0 Å². The lowest BCUT2D eigenvalue weighted by atomic mass is 9.99. The molecular weight excluding hydrogens is 556 g/mol. The predicted octanol–water partition coefficient (Wildman–Crippen LogP) is 5.17. The molecule has 1 fully saturated rings. The number of rotatable bonds is 9. The number of thioether (sulfide) groups is 1. The summed E-state index contributed by atoms with van der Waals surface area (Å²) in [6.07, 6.45) is -5.16. The van der Waals surface area contributed by atoms with E-state index in [0.29, 0.717) is 5.56 Å². The van der Waals surface area contributed by atoms with Crippen molar-refractivity contribution in [1.29, 1.82) is 0 Å². The summed E-state index contributed by atoms with van der Waals surface area (Å²) >= 11 is 1.23. The van der Waals surface area contributed by atoms with Crippen LogP contribution in [0.15, 0.2) is 126 Å². The Morgan fingerprint density at radius 2 is 1.05 bits per heavy atom. The third-order valence-electron chi connectivity index (χ3n) is 6.51. The monoisotopic (exact) mass is 584 g/mol. The Morgan fingerprint density at radius 3 is 1.55 bits per heavy atom. The SMILES string of the molecule is O=C(OC[C@H]1O[C@@H](Sc2ccccc2)[C@H](OC(=O)c2ccccc2)[C@@H](OC(=O)c2ccccc2)[C@H]1O)c1ccccc1. The molecule has 0 bridgehead atoms. The van der Waals surface area contributed by atoms with Crippen LogP contribution in [0.2, 0.25) is 0 Å². The first-order valence-corrected chi connectivity index (χ1v) is 14.2. The average Bonchev–Trinajstić information content (AvgIpc) is 3.04. The lowest BCUT2D eigenvalue weighted by Crippen LogP contribution is -2.60. The number of esters is 3. The van der Waals surface area contributed by atoms with Crippen LogP contribution in [0.1, 0.15) is 31.1 Å². The maximum Gasteiger partial charge on any atom is 0.338 e. The molecule has 0 amide bonds. The fraction of sp³-hybridized carbons (Fsp3) is 0.182. The summed E-state index contributed by atoms with van der Waals surface area (Å²) in [4.78, 5) is 39.8. The van der Waals surface area contributed by atoms with Crippen molar-refractivity contribution in [1.82, 2.24) is 0 Å². The quantitative estimate of drug-likeness (QED) is 0.210. The number of hydrogen-bond acceptors (Lipinski definition) is 9. The molecule has 1 heterocycles. The topological polar surface area (TPSA) is 108 Å². The minimum absolute atomic E-state index is 0.253. The molecule has 214 valence electrons. The van der Waals surface area contributed by atoms with Gasteiger partial charge in [-0.1, -0.05) is 84.6 Å². The van der Waals surface area contributed by atoms with Crippen LogP contribution in [0.4, 0.5) is 0 Å². The summed E-state index contributed by atoms with van der Waals surface area (Å²) in [5, 5.41) is 11.5. The van der Waals surface area contributed by atoms with Gasteiger partial charge < -0.3 is 24.1 Å². The predicted molar refractivity (Wildman–Crippen MR) is 155 cm³/mol. The molecule has 0 aromatic heterocycles. The molecule has 0 aliphatic carbocycles. The molecule has 0 spiro atoms. The number of aliphatic hydroxyl groups excluding tert-OH is 1. The van der Waals surface area contributed by atoms with Crippen molar-refractivity contribution < 1.29 is 38.4 Å². The Morgan fingerprint density at radius 1 is 0.619 bits per heavy atom. The van der Waals surface area contributed by atoms with Gasteiger partial charge >= 0.3 is 17.9 Å². The molecule has 1 aliphatic heterocycles. The lowest BCUT2D eigenvalue weighted by molar-refractivity contribution is -0.206. The second-order valence-corrected chi connectivity index (χ2v) is 10.6. The number of carbonyl (C=O) groups excluding carboxylic acids is 3. The van der Waals surface area contributed by atoms with Gasteiger partial charge in [-0.2, -0.15) is 0 Å². The normalized spacial score (nSPS) is 21.6. The van der Waals surface area contributed by atoms with E-state index in [2.05, 4.69) is 0 Å². The zero-order chi connectivity index (χ0) is 29.3. The number of aliphatic hydroxyl groups is 1. The molecule has 4 aromatic carbocycles. The van der Waals surface area contributed by atoms with E-state index < -0.39 is 47.8 Å².